The summed E-state index contributed by atoms with van der Waals surface area (Å²) >= 11 is 2.18. The second-order valence-electron chi connectivity index (χ2n) is 5.71. The molecular weight excluding hydrogens is 381 g/mol. The number of hydrogen-bond acceptors (Lipinski definition) is 2. The average molecular weight is 401 g/mol. The number of aryl methyl sites for hydroxylation is 1. The fraction of sp³-hybridized carbons (Fsp3) is 0.500. The molecule has 1 N–H and O–H groups in total. The zero-order chi connectivity index (χ0) is 15.6. The molecule has 0 bridgehead atoms. The Bertz CT molecular complexity index is 573. The first kappa shape index (κ1) is 16.3. The smallest absolute Gasteiger partial charge is 0.311 e. The molecule has 1 aromatic carbocycles. The highest BCUT2D eigenvalue weighted by molar-refractivity contribution is 14.1. The number of aliphatic carboxylic acids is 1. The molecule has 1 fully saturated rings. The lowest BCUT2D eigenvalue weighted by atomic mass is 9.77. The van der Waals surface area contributed by atoms with Crippen LogP contribution < -0.4 is 0 Å². The quantitative estimate of drug-likeness (QED) is 0.791. The van der Waals surface area contributed by atoms with E-state index in [4.69, 9.17) is 0 Å². The molecule has 21 heavy (non-hydrogen) atoms. The minimum absolute atomic E-state index is 0.0538. The molecule has 0 radical (unpaired) electrons. The topological polar surface area (TPSA) is 57.6 Å². The maximum absolute atomic E-state index is 12.7. The number of piperidine rings is 1. The standard InChI is InChI=1S/C16H20INO3/c1-3-16(15(20)21)8-5-9-18(10-16)14(19)12-7-4-6-11(2)13(12)17/h4,6-7H,3,5,8-10H2,1-2H3,(H,20,21). The van der Waals surface area contributed by atoms with Crippen molar-refractivity contribution < 1.29 is 14.7 Å². The number of carbonyl (C=O) groups excluding carboxylic acids is 1. The molecule has 1 aliphatic heterocycles. The Morgan fingerprint density at radius 3 is 2.76 bits per heavy atom. The molecule has 0 aliphatic carbocycles. The zero-order valence-corrected chi connectivity index (χ0v) is 14.5. The summed E-state index contributed by atoms with van der Waals surface area (Å²) in [5, 5.41) is 9.52. The van der Waals surface area contributed by atoms with E-state index < -0.39 is 11.4 Å². The molecule has 1 amide bonds. The van der Waals surface area contributed by atoms with Crippen molar-refractivity contribution in [2.45, 2.75) is 33.1 Å². The molecule has 1 aromatic rings. The van der Waals surface area contributed by atoms with Gasteiger partial charge in [0, 0.05) is 16.7 Å². The molecule has 1 heterocycles. The third kappa shape index (κ3) is 3.07. The molecule has 1 aliphatic rings. The van der Waals surface area contributed by atoms with Crippen LogP contribution in [0.1, 0.15) is 42.1 Å². The highest BCUT2D eigenvalue weighted by atomic mass is 127. The van der Waals surface area contributed by atoms with Gasteiger partial charge in [0.2, 0.25) is 0 Å². The highest BCUT2D eigenvalue weighted by Gasteiger charge is 2.42. The van der Waals surface area contributed by atoms with E-state index in [1.807, 2.05) is 32.0 Å². The first-order chi connectivity index (χ1) is 9.91. The number of carboxylic acids is 1. The van der Waals surface area contributed by atoms with E-state index in [2.05, 4.69) is 22.6 Å². The molecule has 0 aromatic heterocycles. The number of halogens is 1. The lowest BCUT2D eigenvalue weighted by Crippen LogP contribution is -2.49. The number of carbonyl (C=O) groups is 2. The second-order valence-corrected chi connectivity index (χ2v) is 6.78. The van der Waals surface area contributed by atoms with Gasteiger partial charge in [0.1, 0.15) is 0 Å². The van der Waals surface area contributed by atoms with Crippen LogP contribution in [-0.4, -0.2) is 35.0 Å². The number of nitrogens with zero attached hydrogens (tertiary/aromatic N) is 1. The van der Waals surface area contributed by atoms with Gasteiger partial charge in [0.25, 0.3) is 5.91 Å². The maximum atomic E-state index is 12.7. The summed E-state index contributed by atoms with van der Waals surface area (Å²) in [5.74, 6) is -0.844. The van der Waals surface area contributed by atoms with Crippen molar-refractivity contribution in [1.29, 1.82) is 0 Å². The van der Waals surface area contributed by atoms with Crippen LogP contribution in [0.5, 0.6) is 0 Å². The minimum Gasteiger partial charge on any atom is -0.481 e. The van der Waals surface area contributed by atoms with Gasteiger partial charge < -0.3 is 10.0 Å². The Labute approximate surface area is 138 Å². The largest absolute Gasteiger partial charge is 0.481 e. The Morgan fingerprint density at radius 1 is 1.43 bits per heavy atom. The Morgan fingerprint density at radius 2 is 2.14 bits per heavy atom. The van der Waals surface area contributed by atoms with Gasteiger partial charge in [0.15, 0.2) is 0 Å². The molecule has 2 rings (SSSR count). The lowest BCUT2D eigenvalue weighted by Gasteiger charge is -2.39. The zero-order valence-electron chi connectivity index (χ0n) is 12.4. The van der Waals surface area contributed by atoms with Gasteiger partial charge in [-0.2, -0.15) is 0 Å². The summed E-state index contributed by atoms with van der Waals surface area (Å²) in [7, 11) is 0. The predicted molar refractivity (Wildman–Crippen MR) is 89.4 cm³/mol. The van der Waals surface area contributed by atoms with E-state index in [9.17, 15) is 14.7 Å². The molecule has 1 atom stereocenters. The molecule has 114 valence electrons. The number of benzene rings is 1. The highest BCUT2D eigenvalue weighted by Crippen LogP contribution is 2.34. The van der Waals surface area contributed by atoms with Crippen molar-refractivity contribution >= 4 is 34.5 Å². The van der Waals surface area contributed by atoms with Crippen LogP contribution >= 0.6 is 22.6 Å². The van der Waals surface area contributed by atoms with E-state index in [0.717, 1.165) is 15.6 Å². The molecule has 1 unspecified atom stereocenters. The molecule has 0 spiro atoms. The minimum atomic E-state index is -0.790. The van der Waals surface area contributed by atoms with E-state index in [1.54, 1.807) is 4.90 Å². The van der Waals surface area contributed by atoms with Gasteiger partial charge in [-0.25, -0.2) is 0 Å². The third-order valence-corrected chi connectivity index (χ3v) is 5.85. The Kier molecular flexibility index (Phi) is 4.91. The summed E-state index contributed by atoms with van der Waals surface area (Å²) in [4.78, 5) is 26.0. The number of rotatable bonds is 3. The van der Waals surface area contributed by atoms with Crippen LogP contribution in [0.4, 0.5) is 0 Å². The molecule has 1 saturated heterocycles. The van der Waals surface area contributed by atoms with Gasteiger partial charge >= 0.3 is 5.97 Å². The summed E-state index contributed by atoms with van der Waals surface area (Å²) in [6.45, 7) is 4.81. The van der Waals surface area contributed by atoms with Crippen molar-refractivity contribution in [1.82, 2.24) is 4.90 Å². The number of carboxylic acid groups (broad SMARTS) is 1. The summed E-state index contributed by atoms with van der Waals surface area (Å²) in [5.41, 5.74) is 0.953. The number of hydrogen-bond donors (Lipinski definition) is 1. The normalized spacial score (nSPS) is 22.1. The van der Waals surface area contributed by atoms with Gasteiger partial charge in [0.05, 0.1) is 11.0 Å². The first-order valence-corrected chi connectivity index (χ1v) is 8.27. The van der Waals surface area contributed by atoms with Crippen LogP contribution in [-0.2, 0) is 4.79 Å². The van der Waals surface area contributed by atoms with Crippen molar-refractivity contribution in [3.05, 3.63) is 32.9 Å². The van der Waals surface area contributed by atoms with Crippen molar-refractivity contribution in [3.8, 4) is 0 Å². The van der Waals surface area contributed by atoms with Crippen LogP contribution in [0.15, 0.2) is 18.2 Å². The SMILES string of the molecule is CCC1(C(=O)O)CCCN(C(=O)c2cccc(C)c2I)C1. The van der Waals surface area contributed by atoms with Crippen LogP contribution in [0.2, 0.25) is 0 Å². The summed E-state index contributed by atoms with van der Waals surface area (Å²) in [6, 6.07) is 5.67. The maximum Gasteiger partial charge on any atom is 0.311 e. The number of likely N-dealkylation sites (tertiary alicyclic amines) is 1. The molecule has 5 heteroatoms. The Balaban J connectivity index is 2.27. The van der Waals surface area contributed by atoms with Crippen LogP contribution in [0.3, 0.4) is 0 Å². The monoisotopic (exact) mass is 401 g/mol. The average Bonchev–Trinajstić information content (AvgIpc) is 2.49. The summed E-state index contributed by atoms with van der Waals surface area (Å²) < 4.78 is 0.947. The fourth-order valence-electron chi connectivity index (χ4n) is 2.90. The summed E-state index contributed by atoms with van der Waals surface area (Å²) in [6.07, 6.45) is 1.94. The van der Waals surface area contributed by atoms with Gasteiger partial charge in [-0.1, -0.05) is 19.1 Å². The van der Waals surface area contributed by atoms with Gasteiger partial charge in [-0.15, -0.1) is 0 Å². The van der Waals surface area contributed by atoms with Crippen LogP contribution in [0, 0.1) is 15.9 Å². The van der Waals surface area contributed by atoms with E-state index in [1.165, 1.54) is 0 Å². The van der Waals surface area contributed by atoms with Crippen molar-refractivity contribution in [2.24, 2.45) is 5.41 Å². The van der Waals surface area contributed by atoms with Crippen molar-refractivity contribution in [3.63, 3.8) is 0 Å². The van der Waals surface area contributed by atoms with Crippen molar-refractivity contribution in [2.75, 3.05) is 13.1 Å². The Hall–Kier alpha value is -1.11. The fourth-order valence-corrected chi connectivity index (χ4v) is 3.49. The van der Waals surface area contributed by atoms with Crippen LogP contribution in [0.25, 0.3) is 0 Å². The first-order valence-electron chi connectivity index (χ1n) is 7.19. The van der Waals surface area contributed by atoms with Gasteiger partial charge in [-0.05, 0) is 60.4 Å². The van der Waals surface area contributed by atoms with E-state index in [0.29, 0.717) is 31.5 Å². The van der Waals surface area contributed by atoms with Gasteiger partial charge in [-0.3, -0.25) is 9.59 Å². The molecular formula is C16H20INO3. The number of amides is 1. The van der Waals surface area contributed by atoms with E-state index in [-0.39, 0.29) is 5.91 Å². The second kappa shape index (κ2) is 6.34. The van der Waals surface area contributed by atoms with E-state index >= 15 is 0 Å². The predicted octanol–water partition coefficient (Wildman–Crippen LogP) is 3.32. The lowest BCUT2D eigenvalue weighted by molar-refractivity contribution is -0.152. The molecule has 0 saturated carbocycles. The molecule has 4 nitrogen and oxygen atoms in total. The third-order valence-electron chi connectivity index (χ3n) is 4.42.